The summed E-state index contributed by atoms with van der Waals surface area (Å²) in [5.41, 5.74) is -1.63. The van der Waals surface area contributed by atoms with Crippen molar-refractivity contribution in [2.45, 2.75) is 190 Å². The summed E-state index contributed by atoms with van der Waals surface area (Å²) >= 11 is 0. The minimum atomic E-state index is -1.07. The van der Waals surface area contributed by atoms with Crippen LogP contribution in [0.5, 0.6) is 0 Å². The maximum Gasteiger partial charge on any atom is 0.350 e. The van der Waals surface area contributed by atoms with Crippen molar-refractivity contribution >= 4 is 23.9 Å². The first kappa shape index (κ1) is 41.5. The standard InChI is InChI=1S/C19H32O2.C15H22O7.C6H12O2/c1-6-17(2,3)16(20)21-18(4,5)19-10-13-7-14(11-19)9-15(8-13)12-19;1-6-14(2,3)13(17)20-9-7-8(18-11(9)16)10-12(19-7)22-15(4,5)21-10;1-4-6(2,3)5(7)8/h13-15H,6-12H2,1-5H3;7-10,12H,6H2,1-5H3;4H2,1-3H3,(H,7,8). The van der Waals surface area contributed by atoms with E-state index < -0.39 is 65.2 Å². The van der Waals surface area contributed by atoms with Crippen LogP contribution in [0.2, 0.25) is 0 Å². The second-order valence-electron chi connectivity index (χ2n) is 18.9. The van der Waals surface area contributed by atoms with E-state index in [9.17, 15) is 19.2 Å². The van der Waals surface area contributed by atoms with E-state index >= 15 is 0 Å². The number of hydrogen-bond donors (Lipinski definition) is 1. The van der Waals surface area contributed by atoms with Crippen molar-refractivity contribution in [3.05, 3.63) is 0 Å². The summed E-state index contributed by atoms with van der Waals surface area (Å²) < 4.78 is 33.8. The van der Waals surface area contributed by atoms with E-state index in [0.29, 0.717) is 12.8 Å². The van der Waals surface area contributed by atoms with Gasteiger partial charge in [0.15, 0.2) is 24.3 Å². The average Bonchev–Trinajstić information content (AvgIpc) is 3.61. The maximum atomic E-state index is 12.6. The number of carbonyl (C=O) groups is 4. The lowest BCUT2D eigenvalue weighted by Gasteiger charge is -2.61. The van der Waals surface area contributed by atoms with Crippen LogP contribution in [-0.2, 0) is 47.6 Å². The first-order chi connectivity index (χ1) is 23.3. The Balaban J connectivity index is 0.000000190. The highest BCUT2D eigenvalue weighted by Gasteiger charge is 2.64. The van der Waals surface area contributed by atoms with Gasteiger partial charge in [0.1, 0.15) is 11.7 Å². The number of rotatable bonds is 9. The van der Waals surface area contributed by atoms with E-state index in [2.05, 4.69) is 20.8 Å². The molecule has 1 N–H and O–H groups in total. The lowest BCUT2D eigenvalue weighted by molar-refractivity contribution is -0.217. The Labute approximate surface area is 305 Å². The minimum Gasteiger partial charge on any atom is -0.481 e. The lowest BCUT2D eigenvalue weighted by atomic mass is 9.46. The minimum absolute atomic E-state index is 0.00857. The summed E-state index contributed by atoms with van der Waals surface area (Å²) in [5, 5.41) is 8.44. The predicted octanol–water partition coefficient (Wildman–Crippen LogP) is 7.60. The van der Waals surface area contributed by atoms with E-state index in [4.69, 9.17) is 33.5 Å². The second kappa shape index (κ2) is 14.5. The highest BCUT2D eigenvalue weighted by Crippen LogP contribution is 2.64. The fourth-order valence-electron chi connectivity index (χ4n) is 8.37. The first-order valence-corrected chi connectivity index (χ1v) is 19.2. The molecule has 0 aromatic rings. The molecule has 4 saturated carbocycles. The van der Waals surface area contributed by atoms with Gasteiger partial charge >= 0.3 is 23.9 Å². The molecule has 4 bridgehead atoms. The Morgan fingerprint density at radius 1 is 0.725 bits per heavy atom. The van der Waals surface area contributed by atoms with Crippen molar-refractivity contribution < 1.29 is 52.7 Å². The molecule has 4 aliphatic carbocycles. The number of carbonyl (C=O) groups excluding carboxylic acids is 3. The van der Waals surface area contributed by atoms with Gasteiger partial charge in [0.25, 0.3) is 0 Å². The Morgan fingerprint density at radius 3 is 1.63 bits per heavy atom. The molecule has 0 aromatic heterocycles. The third-order valence-corrected chi connectivity index (χ3v) is 13.0. The molecular weight excluding hydrogens is 656 g/mol. The normalized spacial score (nSPS) is 34.6. The van der Waals surface area contributed by atoms with Crippen LogP contribution < -0.4 is 0 Å². The summed E-state index contributed by atoms with van der Waals surface area (Å²) in [5.74, 6) is 0.134. The van der Waals surface area contributed by atoms with Gasteiger partial charge in [-0.3, -0.25) is 14.4 Å². The van der Waals surface area contributed by atoms with Crippen molar-refractivity contribution in [2.24, 2.45) is 39.4 Å². The van der Waals surface area contributed by atoms with E-state index in [1.54, 1.807) is 41.5 Å². The van der Waals surface area contributed by atoms with Gasteiger partial charge in [0.05, 0.1) is 16.2 Å². The SMILES string of the molecule is CCC(C)(C)C(=O)O.CCC(C)(C)C(=O)OC(C)(C)C12CC3CC(CC(C3)C1)C2.CCC(C)(C)C(=O)OC1C(=O)OC2C3OC(C)(C)OC3OC12. The van der Waals surface area contributed by atoms with Gasteiger partial charge in [-0.25, -0.2) is 4.79 Å². The van der Waals surface area contributed by atoms with Gasteiger partial charge < -0.3 is 33.5 Å². The van der Waals surface area contributed by atoms with Crippen LogP contribution in [-0.4, -0.2) is 71.1 Å². The fourth-order valence-corrected chi connectivity index (χ4v) is 8.37. The number of ether oxygens (including phenoxy) is 6. The van der Waals surface area contributed by atoms with Gasteiger partial charge in [0, 0.05) is 5.41 Å². The van der Waals surface area contributed by atoms with Gasteiger partial charge in [-0.1, -0.05) is 20.8 Å². The largest absolute Gasteiger partial charge is 0.481 e. The zero-order valence-corrected chi connectivity index (χ0v) is 33.5. The van der Waals surface area contributed by atoms with E-state index in [0.717, 1.165) is 24.2 Å². The van der Waals surface area contributed by atoms with Crippen LogP contribution in [0.4, 0.5) is 0 Å². The third-order valence-electron chi connectivity index (χ3n) is 13.0. The molecule has 51 heavy (non-hydrogen) atoms. The third kappa shape index (κ3) is 8.61. The molecule has 0 amide bonds. The summed E-state index contributed by atoms with van der Waals surface area (Å²) in [6, 6.07) is 0. The summed E-state index contributed by atoms with van der Waals surface area (Å²) in [6.07, 6.45) is 6.81. The van der Waals surface area contributed by atoms with Crippen molar-refractivity contribution in [1.29, 1.82) is 0 Å². The Morgan fingerprint density at radius 2 is 1.20 bits per heavy atom. The van der Waals surface area contributed by atoms with Gasteiger partial charge in [-0.2, -0.15) is 0 Å². The van der Waals surface area contributed by atoms with Gasteiger partial charge in [-0.05, 0) is 145 Å². The highest BCUT2D eigenvalue weighted by molar-refractivity contribution is 5.84. The molecular formula is C40H66O11. The number of aliphatic carboxylic acids is 1. The molecule has 3 aliphatic heterocycles. The maximum absolute atomic E-state index is 12.6. The number of esters is 3. The van der Waals surface area contributed by atoms with Crippen LogP contribution in [0.25, 0.3) is 0 Å². The molecule has 0 aromatic carbocycles. The molecule has 0 spiro atoms. The van der Waals surface area contributed by atoms with Crippen LogP contribution in [0.1, 0.15) is 148 Å². The zero-order valence-electron chi connectivity index (χ0n) is 33.5. The molecule has 3 saturated heterocycles. The van der Waals surface area contributed by atoms with Crippen LogP contribution in [0.15, 0.2) is 0 Å². The van der Waals surface area contributed by atoms with Crippen molar-refractivity contribution in [1.82, 2.24) is 0 Å². The summed E-state index contributed by atoms with van der Waals surface area (Å²) in [6.45, 7) is 24.7. The smallest absolute Gasteiger partial charge is 0.350 e. The highest BCUT2D eigenvalue weighted by atomic mass is 16.9. The number of carboxylic acid groups (broad SMARTS) is 1. The average molecular weight is 723 g/mol. The van der Waals surface area contributed by atoms with E-state index in [1.807, 2.05) is 27.7 Å². The molecule has 0 radical (unpaired) electrons. The van der Waals surface area contributed by atoms with Crippen molar-refractivity contribution in [2.75, 3.05) is 0 Å². The van der Waals surface area contributed by atoms with Crippen molar-refractivity contribution in [3.8, 4) is 0 Å². The molecule has 11 heteroatoms. The molecule has 11 nitrogen and oxygen atoms in total. The van der Waals surface area contributed by atoms with E-state index in [1.165, 1.54) is 38.5 Å². The fraction of sp³-hybridized carbons (Fsp3) is 0.900. The van der Waals surface area contributed by atoms with Crippen LogP contribution in [0.3, 0.4) is 0 Å². The number of carboxylic acids is 1. The number of hydrogen-bond acceptors (Lipinski definition) is 10. The van der Waals surface area contributed by atoms with Gasteiger partial charge in [0.2, 0.25) is 6.10 Å². The van der Waals surface area contributed by atoms with E-state index in [-0.39, 0.29) is 22.4 Å². The summed E-state index contributed by atoms with van der Waals surface area (Å²) in [4.78, 5) is 47.0. The van der Waals surface area contributed by atoms with Crippen LogP contribution in [0, 0.1) is 39.4 Å². The van der Waals surface area contributed by atoms with Crippen molar-refractivity contribution in [3.63, 3.8) is 0 Å². The molecule has 5 unspecified atom stereocenters. The van der Waals surface area contributed by atoms with Crippen LogP contribution >= 0.6 is 0 Å². The lowest BCUT2D eigenvalue weighted by Crippen LogP contribution is -2.58. The molecule has 7 rings (SSSR count). The monoisotopic (exact) mass is 722 g/mol. The Kier molecular flexibility index (Phi) is 11.8. The topological polar surface area (TPSA) is 144 Å². The predicted molar refractivity (Wildman–Crippen MR) is 189 cm³/mol. The quantitative estimate of drug-likeness (QED) is 0.186. The number of fused-ring (bicyclic) bond motifs is 3. The van der Waals surface area contributed by atoms with Gasteiger partial charge in [-0.15, -0.1) is 0 Å². The second-order valence-corrected chi connectivity index (χ2v) is 18.9. The first-order valence-electron chi connectivity index (χ1n) is 19.2. The molecule has 7 aliphatic rings. The molecule has 292 valence electrons. The Bertz CT molecular complexity index is 1280. The zero-order chi connectivity index (χ0) is 38.5. The Hall–Kier alpha value is -2.24. The molecule has 3 heterocycles. The molecule has 5 atom stereocenters. The molecule has 7 fully saturated rings. The summed E-state index contributed by atoms with van der Waals surface area (Å²) in [7, 11) is 0.